The molecule has 3 rings (SSSR count). The van der Waals surface area contributed by atoms with Gasteiger partial charge in [0.1, 0.15) is 0 Å². The Morgan fingerprint density at radius 1 is 1.17 bits per heavy atom. The van der Waals surface area contributed by atoms with Crippen molar-refractivity contribution < 1.29 is 29.0 Å². The summed E-state index contributed by atoms with van der Waals surface area (Å²) < 4.78 is 10.6. The third-order valence-electron chi connectivity index (χ3n) is 4.19. The van der Waals surface area contributed by atoms with E-state index in [2.05, 4.69) is 0 Å². The molecule has 1 aliphatic heterocycles. The first kappa shape index (κ1) is 20.5. The number of para-hydroxylation sites is 1. The highest BCUT2D eigenvalue weighted by Gasteiger charge is 2.35. The summed E-state index contributed by atoms with van der Waals surface area (Å²) in [5.41, 5.74) is 2.40. The van der Waals surface area contributed by atoms with Crippen molar-refractivity contribution in [1.82, 2.24) is 4.90 Å². The Morgan fingerprint density at radius 2 is 1.90 bits per heavy atom. The van der Waals surface area contributed by atoms with Gasteiger partial charge in [-0.05, 0) is 36.4 Å². The second-order valence-electron chi connectivity index (χ2n) is 6.31. The first-order chi connectivity index (χ1) is 13.9. The predicted molar refractivity (Wildman–Crippen MR) is 109 cm³/mol. The standard InChI is InChI=1S/C21H19NO6S/c1-13-6-8-14(9-7-13)11-22-20(25)17(29-21(22)26)10-15-4-3-5-16(27-2)19(15)28-12-18(23)24/h3-10H,11-12H2,1-2H3,(H,23,24)/b17-10+. The van der Waals surface area contributed by atoms with Gasteiger partial charge in [0.25, 0.3) is 11.1 Å². The number of methoxy groups -OCH3 is 1. The van der Waals surface area contributed by atoms with Crippen LogP contribution in [0.5, 0.6) is 11.5 Å². The maximum Gasteiger partial charge on any atom is 0.341 e. The number of carboxylic acids is 1. The molecule has 0 bridgehead atoms. The number of carbonyl (C=O) groups excluding carboxylic acids is 2. The van der Waals surface area contributed by atoms with Crippen LogP contribution in [0.15, 0.2) is 47.4 Å². The molecule has 0 atom stereocenters. The van der Waals surface area contributed by atoms with Crippen LogP contribution < -0.4 is 9.47 Å². The second-order valence-corrected chi connectivity index (χ2v) is 7.31. The summed E-state index contributed by atoms with van der Waals surface area (Å²) in [6, 6.07) is 12.6. The number of carboxylic acid groups (broad SMARTS) is 1. The summed E-state index contributed by atoms with van der Waals surface area (Å²) >= 11 is 0.831. The summed E-state index contributed by atoms with van der Waals surface area (Å²) in [5, 5.41) is 8.53. The van der Waals surface area contributed by atoms with Crippen LogP contribution >= 0.6 is 11.8 Å². The van der Waals surface area contributed by atoms with E-state index in [0.29, 0.717) is 11.3 Å². The smallest absolute Gasteiger partial charge is 0.341 e. The van der Waals surface area contributed by atoms with Crippen molar-refractivity contribution in [2.75, 3.05) is 13.7 Å². The van der Waals surface area contributed by atoms with Gasteiger partial charge >= 0.3 is 5.97 Å². The minimum Gasteiger partial charge on any atom is -0.493 e. The molecule has 0 aliphatic carbocycles. The zero-order valence-corrected chi connectivity index (χ0v) is 16.7. The van der Waals surface area contributed by atoms with Gasteiger partial charge in [0, 0.05) is 5.56 Å². The van der Waals surface area contributed by atoms with Crippen LogP contribution in [-0.4, -0.2) is 40.8 Å². The SMILES string of the molecule is COc1cccc(/C=C2/SC(=O)N(Cc3ccc(C)cc3)C2=O)c1OCC(=O)O. The highest BCUT2D eigenvalue weighted by molar-refractivity contribution is 8.18. The Kier molecular flexibility index (Phi) is 6.23. The summed E-state index contributed by atoms with van der Waals surface area (Å²) in [6.07, 6.45) is 1.51. The van der Waals surface area contributed by atoms with Crippen molar-refractivity contribution in [3.63, 3.8) is 0 Å². The van der Waals surface area contributed by atoms with Crippen molar-refractivity contribution >= 4 is 35.0 Å². The van der Waals surface area contributed by atoms with E-state index in [1.807, 2.05) is 31.2 Å². The molecule has 1 saturated heterocycles. The number of ether oxygens (including phenoxy) is 2. The van der Waals surface area contributed by atoms with Crippen LogP contribution in [-0.2, 0) is 16.1 Å². The van der Waals surface area contributed by atoms with Gasteiger partial charge in [-0.2, -0.15) is 0 Å². The number of amides is 2. The van der Waals surface area contributed by atoms with Crippen LogP contribution in [0, 0.1) is 6.92 Å². The molecular weight excluding hydrogens is 394 g/mol. The predicted octanol–water partition coefficient (Wildman–Crippen LogP) is 3.70. The zero-order chi connectivity index (χ0) is 21.0. The number of carbonyl (C=O) groups is 3. The molecule has 0 radical (unpaired) electrons. The van der Waals surface area contributed by atoms with E-state index in [-0.39, 0.29) is 22.4 Å². The number of nitrogens with zero attached hydrogens (tertiary/aromatic N) is 1. The van der Waals surface area contributed by atoms with Crippen LogP contribution in [0.25, 0.3) is 6.08 Å². The molecule has 2 amide bonds. The molecule has 29 heavy (non-hydrogen) atoms. The average molecular weight is 413 g/mol. The van der Waals surface area contributed by atoms with Crippen LogP contribution in [0.1, 0.15) is 16.7 Å². The molecule has 8 heteroatoms. The Hall–Kier alpha value is -3.26. The molecule has 2 aromatic rings. The highest BCUT2D eigenvalue weighted by atomic mass is 32.2. The van der Waals surface area contributed by atoms with Gasteiger partial charge in [0.15, 0.2) is 18.1 Å². The first-order valence-electron chi connectivity index (χ1n) is 8.71. The summed E-state index contributed by atoms with van der Waals surface area (Å²) in [6.45, 7) is 1.59. The number of aliphatic carboxylic acids is 1. The molecule has 1 heterocycles. The van der Waals surface area contributed by atoms with E-state index in [4.69, 9.17) is 14.6 Å². The largest absolute Gasteiger partial charge is 0.493 e. The average Bonchev–Trinajstić information content (AvgIpc) is 2.95. The van der Waals surface area contributed by atoms with Gasteiger partial charge in [-0.15, -0.1) is 0 Å². The van der Waals surface area contributed by atoms with Crippen LogP contribution in [0.2, 0.25) is 0 Å². The quantitative estimate of drug-likeness (QED) is 0.692. The van der Waals surface area contributed by atoms with Gasteiger partial charge < -0.3 is 14.6 Å². The van der Waals surface area contributed by atoms with E-state index >= 15 is 0 Å². The molecule has 0 spiro atoms. The molecule has 0 saturated carbocycles. The number of hydrogen-bond acceptors (Lipinski definition) is 6. The molecule has 7 nitrogen and oxygen atoms in total. The van der Waals surface area contributed by atoms with Crippen LogP contribution in [0.3, 0.4) is 0 Å². The molecule has 1 N–H and O–H groups in total. The molecule has 0 aromatic heterocycles. The van der Waals surface area contributed by atoms with E-state index in [1.165, 1.54) is 18.1 Å². The summed E-state index contributed by atoms with van der Waals surface area (Å²) in [4.78, 5) is 37.4. The third-order valence-corrected chi connectivity index (χ3v) is 5.10. The zero-order valence-electron chi connectivity index (χ0n) is 15.9. The fraction of sp³-hybridized carbons (Fsp3) is 0.190. The molecule has 1 aliphatic rings. The van der Waals surface area contributed by atoms with Crippen LogP contribution in [0.4, 0.5) is 4.79 Å². The second kappa shape index (κ2) is 8.83. The van der Waals surface area contributed by atoms with Crippen molar-refractivity contribution in [2.24, 2.45) is 0 Å². The number of thioether (sulfide) groups is 1. The Balaban J connectivity index is 1.87. The van der Waals surface area contributed by atoms with Gasteiger partial charge in [-0.25, -0.2) is 4.79 Å². The van der Waals surface area contributed by atoms with Gasteiger partial charge in [-0.3, -0.25) is 14.5 Å². The maximum absolute atomic E-state index is 12.8. The van der Waals surface area contributed by atoms with Crippen molar-refractivity contribution in [2.45, 2.75) is 13.5 Å². The minimum atomic E-state index is -1.14. The van der Waals surface area contributed by atoms with E-state index in [0.717, 1.165) is 22.9 Å². The number of benzene rings is 2. The topological polar surface area (TPSA) is 93.1 Å². The Labute approximate surface area is 171 Å². The summed E-state index contributed by atoms with van der Waals surface area (Å²) in [5.74, 6) is -1.02. The number of imide groups is 1. The van der Waals surface area contributed by atoms with E-state index in [9.17, 15) is 14.4 Å². The summed E-state index contributed by atoms with van der Waals surface area (Å²) in [7, 11) is 1.43. The number of rotatable bonds is 7. The third kappa shape index (κ3) is 4.78. The number of aryl methyl sites for hydroxylation is 1. The first-order valence-corrected chi connectivity index (χ1v) is 9.53. The molecular formula is C21H19NO6S. The van der Waals surface area contributed by atoms with Crippen molar-refractivity contribution in [1.29, 1.82) is 0 Å². The lowest BCUT2D eigenvalue weighted by Crippen LogP contribution is -2.27. The molecule has 1 fully saturated rings. The Morgan fingerprint density at radius 3 is 2.55 bits per heavy atom. The van der Waals surface area contributed by atoms with Gasteiger partial charge in [-0.1, -0.05) is 42.0 Å². The fourth-order valence-electron chi connectivity index (χ4n) is 2.75. The lowest BCUT2D eigenvalue weighted by atomic mass is 10.1. The van der Waals surface area contributed by atoms with E-state index in [1.54, 1.807) is 18.2 Å². The molecule has 150 valence electrons. The normalized spacial score (nSPS) is 15.1. The minimum absolute atomic E-state index is 0.183. The van der Waals surface area contributed by atoms with Gasteiger partial charge in [0.2, 0.25) is 0 Å². The van der Waals surface area contributed by atoms with Crippen molar-refractivity contribution in [3.8, 4) is 11.5 Å². The molecule has 0 unspecified atom stereocenters. The van der Waals surface area contributed by atoms with Gasteiger partial charge in [0.05, 0.1) is 18.6 Å². The lowest BCUT2D eigenvalue weighted by Gasteiger charge is -2.13. The lowest BCUT2D eigenvalue weighted by molar-refractivity contribution is -0.139. The van der Waals surface area contributed by atoms with E-state index < -0.39 is 18.5 Å². The fourth-order valence-corrected chi connectivity index (χ4v) is 3.58. The number of hydrogen-bond donors (Lipinski definition) is 1. The highest BCUT2D eigenvalue weighted by Crippen LogP contribution is 2.37. The molecule has 2 aromatic carbocycles. The maximum atomic E-state index is 12.8. The Bertz CT molecular complexity index is 983. The van der Waals surface area contributed by atoms with Crippen molar-refractivity contribution in [3.05, 3.63) is 64.1 Å². The monoisotopic (exact) mass is 413 g/mol.